The normalized spacial score (nSPS) is 11.1. The molecule has 5 heteroatoms. The van der Waals surface area contributed by atoms with Crippen LogP contribution in [0.4, 0.5) is 0 Å². The summed E-state index contributed by atoms with van der Waals surface area (Å²) in [5.41, 5.74) is 5.40. The fraction of sp³-hybridized carbons (Fsp3) is 0.0625. The molecule has 0 spiro atoms. The van der Waals surface area contributed by atoms with Crippen LogP contribution in [0, 0.1) is 0 Å². The molecule has 0 aliphatic carbocycles. The summed E-state index contributed by atoms with van der Waals surface area (Å²) in [6, 6.07) is 14.7. The summed E-state index contributed by atoms with van der Waals surface area (Å²) in [5.74, 6) is 0. The zero-order chi connectivity index (χ0) is 14.2. The third-order valence-corrected chi connectivity index (χ3v) is 3.68. The van der Waals surface area contributed by atoms with Crippen LogP contribution in [0.2, 0.25) is 0 Å². The molecular weight excluding hydrogens is 262 g/mol. The van der Waals surface area contributed by atoms with Crippen LogP contribution in [0.15, 0.2) is 54.9 Å². The van der Waals surface area contributed by atoms with Crippen LogP contribution in [-0.2, 0) is 7.05 Å². The van der Waals surface area contributed by atoms with Gasteiger partial charge in [-0.05, 0) is 23.3 Å². The summed E-state index contributed by atoms with van der Waals surface area (Å²) < 4.78 is 1.88. The Morgan fingerprint density at radius 1 is 0.905 bits per heavy atom. The Hall–Kier alpha value is -2.95. The van der Waals surface area contributed by atoms with E-state index in [1.807, 2.05) is 17.9 Å². The zero-order valence-corrected chi connectivity index (χ0v) is 11.5. The predicted octanol–water partition coefficient (Wildman–Crippen LogP) is 3.03. The summed E-state index contributed by atoms with van der Waals surface area (Å²) in [4.78, 5) is 0. The number of H-pyrrole nitrogens is 1. The molecule has 5 nitrogen and oxygen atoms in total. The first-order valence-electron chi connectivity index (χ1n) is 6.69. The second-order valence-corrected chi connectivity index (χ2v) is 4.97. The van der Waals surface area contributed by atoms with Crippen molar-refractivity contribution < 1.29 is 0 Å². The fourth-order valence-corrected chi connectivity index (χ4v) is 2.52. The van der Waals surface area contributed by atoms with Gasteiger partial charge in [-0.3, -0.25) is 4.68 Å². The number of nitrogens with zero attached hydrogens (tertiary/aromatic N) is 4. The molecule has 2 aromatic heterocycles. The van der Waals surface area contributed by atoms with Crippen molar-refractivity contribution in [3.8, 4) is 22.4 Å². The van der Waals surface area contributed by atoms with Crippen molar-refractivity contribution in [3.05, 3.63) is 54.9 Å². The van der Waals surface area contributed by atoms with Gasteiger partial charge < -0.3 is 0 Å². The minimum atomic E-state index is 0.851. The van der Waals surface area contributed by atoms with Crippen molar-refractivity contribution in [1.82, 2.24) is 25.2 Å². The maximum absolute atomic E-state index is 4.28. The first kappa shape index (κ1) is 11.8. The molecule has 0 radical (unpaired) electrons. The van der Waals surface area contributed by atoms with Gasteiger partial charge in [0.15, 0.2) is 0 Å². The van der Waals surface area contributed by atoms with E-state index in [1.54, 1.807) is 6.20 Å². The smallest absolute Gasteiger partial charge is 0.112 e. The number of hydrogen-bond acceptors (Lipinski definition) is 3. The lowest BCUT2D eigenvalue weighted by atomic mass is 10.0. The molecule has 4 aromatic rings. The van der Waals surface area contributed by atoms with E-state index in [4.69, 9.17) is 0 Å². The molecule has 0 saturated heterocycles. The number of aromatic nitrogens is 5. The lowest BCUT2D eigenvalue weighted by molar-refractivity contribution is 0.797. The lowest BCUT2D eigenvalue weighted by Gasteiger charge is -2.04. The van der Waals surface area contributed by atoms with E-state index < -0.39 is 0 Å². The van der Waals surface area contributed by atoms with E-state index in [0.717, 1.165) is 22.2 Å². The van der Waals surface area contributed by atoms with Crippen molar-refractivity contribution in [2.24, 2.45) is 7.05 Å². The first-order valence-corrected chi connectivity index (χ1v) is 6.69. The third-order valence-electron chi connectivity index (χ3n) is 3.68. The second-order valence-electron chi connectivity index (χ2n) is 4.97. The minimum Gasteiger partial charge on any atom is -0.268 e. The van der Waals surface area contributed by atoms with E-state index in [2.05, 4.69) is 63.0 Å². The summed E-state index contributed by atoms with van der Waals surface area (Å²) in [6.45, 7) is 0. The molecule has 102 valence electrons. The van der Waals surface area contributed by atoms with Gasteiger partial charge in [-0.15, -0.1) is 0 Å². The number of rotatable bonds is 2. The quantitative estimate of drug-likeness (QED) is 0.611. The van der Waals surface area contributed by atoms with E-state index in [-0.39, 0.29) is 0 Å². The number of aromatic amines is 1. The van der Waals surface area contributed by atoms with Crippen molar-refractivity contribution in [2.75, 3.05) is 0 Å². The molecular formula is C16H13N5. The van der Waals surface area contributed by atoms with Crippen LogP contribution in [0.1, 0.15) is 0 Å². The number of fused-ring (bicyclic) bond motifs is 1. The van der Waals surface area contributed by atoms with Gasteiger partial charge in [0.2, 0.25) is 0 Å². The van der Waals surface area contributed by atoms with E-state index >= 15 is 0 Å². The van der Waals surface area contributed by atoms with Gasteiger partial charge in [-0.2, -0.15) is 20.5 Å². The Morgan fingerprint density at radius 2 is 1.67 bits per heavy atom. The van der Waals surface area contributed by atoms with E-state index in [1.165, 1.54) is 11.1 Å². The van der Waals surface area contributed by atoms with Gasteiger partial charge in [0.25, 0.3) is 0 Å². The SMILES string of the molecule is Cn1ncc2cc(-c3ccc(-c4cn[nH]n4)cc3)ccc21. The maximum Gasteiger partial charge on any atom is 0.112 e. The molecule has 2 heterocycles. The molecule has 0 unspecified atom stereocenters. The highest BCUT2D eigenvalue weighted by Gasteiger charge is 2.04. The average Bonchev–Trinajstić information content (AvgIpc) is 3.18. The summed E-state index contributed by atoms with van der Waals surface area (Å²) >= 11 is 0. The van der Waals surface area contributed by atoms with Crippen molar-refractivity contribution in [3.63, 3.8) is 0 Å². The standard InChI is InChI=1S/C16H13N5/c1-21-16-7-6-13(8-14(16)9-18-21)11-2-4-12(5-3-11)15-10-17-20-19-15/h2-10H,1H3,(H,17,19,20). The highest BCUT2D eigenvalue weighted by atomic mass is 15.3. The van der Waals surface area contributed by atoms with Crippen LogP contribution in [-0.4, -0.2) is 25.2 Å². The van der Waals surface area contributed by atoms with Crippen LogP contribution < -0.4 is 0 Å². The van der Waals surface area contributed by atoms with Crippen LogP contribution in [0.3, 0.4) is 0 Å². The number of benzene rings is 2. The molecule has 0 atom stereocenters. The Morgan fingerprint density at radius 3 is 2.43 bits per heavy atom. The molecule has 0 bridgehead atoms. The Bertz CT molecular complexity index is 888. The Balaban J connectivity index is 1.74. The van der Waals surface area contributed by atoms with Gasteiger partial charge in [-0.1, -0.05) is 30.3 Å². The monoisotopic (exact) mass is 275 g/mol. The van der Waals surface area contributed by atoms with Crippen molar-refractivity contribution in [2.45, 2.75) is 0 Å². The number of aryl methyl sites for hydroxylation is 1. The van der Waals surface area contributed by atoms with E-state index in [9.17, 15) is 0 Å². The maximum atomic E-state index is 4.28. The molecule has 0 fully saturated rings. The minimum absolute atomic E-state index is 0.851. The van der Waals surface area contributed by atoms with Gasteiger partial charge in [0, 0.05) is 18.0 Å². The molecule has 4 rings (SSSR count). The average molecular weight is 275 g/mol. The highest BCUT2D eigenvalue weighted by molar-refractivity contribution is 5.84. The first-order chi connectivity index (χ1) is 10.3. The summed E-state index contributed by atoms with van der Waals surface area (Å²) in [5, 5.41) is 16.0. The largest absolute Gasteiger partial charge is 0.268 e. The Kier molecular flexibility index (Phi) is 2.57. The second kappa shape index (κ2) is 4.56. The van der Waals surface area contributed by atoms with Crippen LogP contribution in [0.5, 0.6) is 0 Å². The topological polar surface area (TPSA) is 59.4 Å². The van der Waals surface area contributed by atoms with Gasteiger partial charge >= 0.3 is 0 Å². The van der Waals surface area contributed by atoms with Crippen molar-refractivity contribution in [1.29, 1.82) is 0 Å². The van der Waals surface area contributed by atoms with Crippen molar-refractivity contribution >= 4 is 10.9 Å². The third kappa shape index (κ3) is 1.99. The van der Waals surface area contributed by atoms with Crippen LogP contribution >= 0.6 is 0 Å². The molecule has 1 N–H and O–H groups in total. The molecule has 0 aliphatic heterocycles. The zero-order valence-electron chi connectivity index (χ0n) is 11.5. The van der Waals surface area contributed by atoms with Gasteiger partial charge in [-0.25, -0.2) is 0 Å². The van der Waals surface area contributed by atoms with Crippen LogP contribution in [0.25, 0.3) is 33.3 Å². The molecule has 0 aliphatic rings. The van der Waals surface area contributed by atoms with Gasteiger partial charge in [0.05, 0.1) is 17.9 Å². The van der Waals surface area contributed by atoms with Gasteiger partial charge in [0.1, 0.15) is 5.69 Å². The lowest BCUT2D eigenvalue weighted by Crippen LogP contribution is -1.88. The van der Waals surface area contributed by atoms with E-state index in [0.29, 0.717) is 0 Å². The number of hydrogen-bond donors (Lipinski definition) is 1. The molecule has 21 heavy (non-hydrogen) atoms. The molecule has 0 saturated carbocycles. The Labute approximate surface area is 121 Å². The molecule has 2 aromatic carbocycles. The summed E-state index contributed by atoms with van der Waals surface area (Å²) in [7, 11) is 1.95. The highest BCUT2D eigenvalue weighted by Crippen LogP contribution is 2.26. The predicted molar refractivity (Wildman–Crippen MR) is 81.5 cm³/mol. The summed E-state index contributed by atoms with van der Waals surface area (Å²) in [6.07, 6.45) is 3.61. The fourth-order valence-electron chi connectivity index (χ4n) is 2.52. The molecule has 0 amide bonds. The number of nitrogens with one attached hydrogen (secondary N) is 1.